The van der Waals surface area contributed by atoms with Crippen LogP contribution in [0.3, 0.4) is 0 Å². The molecule has 0 bridgehead atoms. The van der Waals surface area contributed by atoms with Crippen LogP contribution in [-0.2, 0) is 6.42 Å². The predicted octanol–water partition coefficient (Wildman–Crippen LogP) is 2.02. The Morgan fingerprint density at radius 3 is 2.27 bits per heavy atom. The average Bonchev–Trinajstić information content (AvgIpc) is 2.67. The molecule has 2 heteroatoms. The maximum absolute atomic E-state index is 4.76. The molecule has 80 valence electrons. The minimum Gasteiger partial charge on any atom is -0.253 e. The molecule has 2 rings (SSSR count). The standard InChI is InChI=1S/C13H18N2/c1-4-10-7-8-11-12(9-10)15-13(5-2,6-3)14-11/h7-9H,4-6H2,1-3H3. The van der Waals surface area contributed by atoms with Gasteiger partial charge in [-0.3, -0.25) is 9.98 Å². The lowest BCUT2D eigenvalue weighted by molar-refractivity contribution is 0.416. The van der Waals surface area contributed by atoms with E-state index in [1.165, 1.54) is 5.56 Å². The molecule has 1 aromatic rings. The van der Waals surface area contributed by atoms with Crippen LogP contribution in [0, 0.1) is 0 Å². The molecular formula is C13H18N2. The Hall–Kier alpha value is -1.18. The van der Waals surface area contributed by atoms with Crippen molar-refractivity contribution in [3.63, 3.8) is 0 Å². The summed E-state index contributed by atoms with van der Waals surface area (Å²) in [5, 5.41) is 2.15. The van der Waals surface area contributed by atoms with Gasteiger partial charge in [-0.25, -0.2) is 0 Å². The maximum atomic E-state index is 4.76. The highest BCUT2D eigenvalue weighted by Crippen LogP contribution is 2.22. The molecule has 0 atom stereocenters. The number of rotatable bonds is 3. The summed E-state index contributed by atoms with van der Waals surface area (Å²) in [5.74, 6) is 0. The summed E-state index contributed by atoms with van der Waals surface area (Å²) in [6.07, 6.45) is 3.04. The average molecular weight is 202 g/mol. The first kappa shape index (κ1) is 10.3. The molecule has 0 N–H and O–H groups in total. The number of hydrogen-bond donors (Lipinski definition) is 0. The number of benzene rings is 1. The van der Waals surface area contributed by atoms with Crippen LogP contribution in [0.4, 0.5) is 0 Å². The molecule has 0 spiro atoms. The molecule has 0 unspecified atom stereocenters. The fraction of sp³-hybridized carbons (Fsp3) is 0.538. The summed E-state index contributed by atoms with van der Waals surface area (Å²) < 4.78 is 0. The second-order valence-electron chi connectivity index (χ2n) is 4.09. The van der Waals surface area contributed by atoms with Gasteiger partial charge in [0.05, 0.1) is 10.7 Å². The van der Waals surface area contributed by atoms with Crippen LogP contribution in [-0.4, -0.2) is 5.66 Å². The van der Waals surface area contributed by atoms with E-state index < -0.39 is 0 Å². The second kappa shape index (κ2) is 3.76. The van der Waals surface area contributed by atoms with Crippen molar-refractivity contribution in [2.45, 2.75) is 45.7 Å². The Morgan fingerprint density at radius 1 is 1.00 bits per heavy atom. The smallest absolute Gasteiger partial charge is 0.151 e. The molecule has 0 saturated heterocycles. The first-order valence-corrected chi connectivity index (χ1v) is 5.81. The molecule has 0 aliphatic carbocycles. The molecule has 0 fully saturated rings. The fourth-order valence-electron chi connectivity index (χ4n) is 2.01. The number of aryl methyl sites for hydroxylation is 1. The van der Waals surface area contributed by atoms with Crippen LogP contribution in [0.5, 0.6) is 0 Å². The lowest BCUT2D eigenvalue weighted by Gasteiger charge is -2.18. The van der Waals surface area contributed by atoms with Crippen molar-refractivity contribution in [1.29, 1.82) is 0 Å². The molecule has 2 nitrogen and oxygen atoms in total. The Morgan fingerprint density at radius 2 is 1.67 bits per heavy atom. The van der Waals surface area contributed by atoms with Crippen molar-refractivity contribution >= 4 is 0 Å². The first-order valence-electron chi connectivity index (χ1n) is 5.81. The van der Waals surface area contributed by atoms with Crippen molar-refractivity contribution in [3.8, 4) is 0 Å². The SMILES string of the molecule is CCc1ccc2c(c1)=NC(CC)(CC)N=2. The van der Waals surface area contributed by atoms with Gasteiger partial charge in [0.15, 0.2) is 5.66 Å². The summed E-state index contributed by atoms with van der Waals surface area (Å²) in [7, 11) is 0. The van der Waals surface area contributed by atoms with E-state index in [4.69, 9.17) is 9.98 Å². The van der Waals surface area contributed by atoms with Crippen LogP contribution in [0.1, 0.15) is 39.2 Å². The predicted molar refractivity (Wildman–Crippen MR) is 61.4 cm³/mol. The van der Waals surface area contributed by atoms with E-state index in [1.54, 1.807) is 0 Å². The largest absolute Gasteiger partial charge is 0.253 e. The molecule has 1 aliphatic heterocycles. The van der Waals surface area contributed by atoms with E-state index in [9.17, 15) is 0 Å². The molecule has 0 saturated carbocycles. The Labute approximate surface area is 90.8 Å². The molecule has 15 heavy (non-hydrogen) atoms. The van der Waals surface area contributed by atoms with Gasteiger partial charge in [-0.15, -0.1) is 0 Å². The van der Waals surface area contributed by atoms with E-state index in [1.807, 2.05) is 0 Å². The number of fused-ring (bicyclic) bond motifs is 1. The van der Waals surface area contributed by atoms with Crippen molar-refractivity contribution < 1.29 is 0 Å². The van der Waals surface area contributed by atoms with Gasteiger partial charge in [-0.2, -0.15) is 0 Å². The van der Waals surface area contributed by atoms with Crippen LogP contribution in [0.25, 0.3) is 0 Å². The van der Waals surface area contributed by atoms with Crippen LogP contribution < -0.4 is 10.7 Å². The Balaban J connectivity index is 2.57. The zero-order chi connectivity index (χ0) is 10.9. The van der Waals surface area contributed by atoms with Gasteiger partial charge in [0.2, 0.25) is 0 Å². The summed E-state index contributed by atoms with van der Waals surface area (Å²) >= 11 is 0. The van der Waals surface area contributed by atoms with Crippen molar-refractivity contribution in [2.24, 2.45) is 9.98 Å². The molecule has 0 amide bonds. The van der Waals surface area contributed by atoms with Gasteiger partial charge in [-0.05, 0) is 37.0 Å². The fourth-order valence-corrected chi connectivity index (χ4v) is 2.01. The van der Waals surface area contributed by atoms with Crippen molar-refractivity contribution in [3.05, 3.63) is 34.5 Å². The quantitative estimate of drug-likeness (QED) is 0.716. The van der Waals surface area contributed by atoms with Gasteiger partial charge in [0.1, 0.15) is 0 Å². The van der Waals surface area contributed by atoms with Gasteiger partial charge in [0, 0.05) is 0 Å². The topological polar surface area (TPSA) is 24.7 Å². The highest BCUT2D eigenvalue weighted by molar-refractivity contribution is 5.17. The van der Waals surface area contributed by atoms with Crippen molar-refractivity contribution in [2.75, 3.05) is 0 Å². The molecule has 0 radical (unpaired) electrons. The second-order valence-corrected chi connectivity index (χ2v) is 4.09. The third-order valence-corrected chi connectivity index (χ3v) is 3.24. The van der Waals surface area contributed by atoms with Crippen LogP contribution in [0.15, 0.2) is 28.2 Å². The summed E-state index contributed by atoms with van der Waals surface area (Å²) in [5.41, 5.74) is 1.17. The zero-order valence-corrected chi connectivity index (χ0v) is 9.75. The minimum absolute atomic E-state index is 0.172. The molecule has 1 heterocycles. The number of nitrogens with zero attached hydrogens (tertiary/aromatic N) is 2. The Kier molecular flexibility index (Phi) is 2.59. The number of hydrogen-bond acceptors (Lipinski definition) is 2. The zero-order valence-electron chi connectivity index (χ0n) is 9.75. The van der Waals surface area contributed by atoms with Crippen LogP contribution >= 0.6 is 0 Å². The van der Waals surface area contributed by atoms with E-state index >= 15 is 0 Å². The maximum Gasteiger partial charge on any atom is 0.151 e. The molecule has 1 aromatic carbocycles. The monoisotopic (exact) mass is 202 g/mol. The highest BCUT2D eigenvalue weighted by atomic mass is 15.1. The molecule has 0 aromatic heterocycles. The summed E-state index contributed by atoms with van der Waals surface area (Å²) in [6.45, 7) is 6.48. The van der Waals surface area contributed by atoms with Crippen LogP contribution in [0.2, 0.25) is 0 Å². The van der Waals surface area contributed by atoms with Gasteiger partial charge < -0.3 is 0 Å². The molecular weight excluding hydrogens is 184 g/mol. The first-order chi connectivity index (χ1) is 7.23. The van der Waals surface area contributed by atoms with E-state index in [-0.39, 0.29) is 5.66 Å². The summed E-state index contributed by atoms with van der Waals surface area (Å²) in [4.78, 5) is 9.49. The highest BCUT2D eigenvalue weighted by Gasteiger charge is 2.26. The third kappa shape index (κ3) is 1.69. The minimum atomic E-state index is -0.172. The third-order valence-electron chi connectivity index (χ3n) is 3.24. The summed E-state index contributed by atoms with van der Waals surface area (Å²) in [6, 6.07) is 6.43. The van der Waals surface area contributed by atoms with Crippen molar-refractivity contribution in [1.82, 2.24) is 0 Å². The normalized spacial score (nSPS) is 16.7. The lowest BCUT2D eigenvalue weighted by Crippen LogP contribution is -2.21. The molecule has 1 aliphatic rings. The van der Waals surface area contributed by atoms with Gasteiger partial charge in [-0.1, -0.05) is 26.8 Å². The lowest BCUT2D eigenvalue weighted by atomic mass is 10.1. The van der Waals surface area contributed by atoms with Gasteiger partial charge in [0.25, 0.3) is 0 Å². The van der Waals surface area contributed by atoms with Gasteiger partial charge >= 0.3 is 0 Å². The van der Waals surface area contributed by atoms with E-state index in [0.29, 0.717) is 0 Å². The van der Waals surface area contributed by atoms with E-state index in [2.05, 4.69) is 39.0 Å². The Bertz CT molecular complexity index is 470. The van der Waals surface area contributed by atoms with E-state index in [0.717, 1.165) is 30.0 Å².